The van der Waals surface area contributed by atoms with E-state index in [-0.39, 0.29) is 5.57 Å². The fraction of sp³-hybridized carbons (Fsp3) is 0.200. The molecule has 0 saturated heterocycles. The number of rotatable bonds is 3. The topological polar surface area (TPSA) is 93.5 Å². The van der Waals surface area contributed by atoms with E-state index in [0.29, 0.717) is 23.0 Å². The van der Waals surface area contributed by atoms with Gasteiger partial charge in [0.2, 0.25) is 0 Å². The lowest BCUT2D eigenvalue weighted by atomic mass is 9.95. The molecular weight excluding hydrogens is 288 g/mol. The molecule has 0 saturated carbocycles. The highest BCUT2D eigenvalue weighted by molar-refractivity contribution is 6.31. The lowest BCUT2D eigenvalue weighted by Gasteiger charge is -2.21. The van der Waals surface area contributed by atoms with Gasteiger partial charge in [0, 0.05) is 30.0 Å². The molecule has 0 radical (unpaired) electrons. The van der Waals surface area contributed by atoms with Crippen LogP contribution in [0, 0.1) is 0 Å². The Balaban J connectivity index is 2.49. The quantitative estimate of drug-likeness (QED) is 0.588. The van der Waals surface area contributed by atoms with Crippen LogP contribution in [-0.2, 0) is 4.79 Å². The molecule has 0 aliphatic carbocycles. The van der Waals surface area contributed by atoms with Gasteiger partial charge in [-0.25, -0.2) is 0 Å². The van der Waals surface area contributed by atoms with Crippen LogP contribution in [0.15, 0.2) is 40.0 Å². The minimum absolute atomic E-state index is 0.253. The predicted molar refractivity (Wildman–Crippen MR) is 87.4 cm³/mol. The van der Waals surface area contributed by atoms with E-state index in [1.165, 1.54) is 0 Å². The number of amides is 1. The van der Waals surface area contributed by atoms with Crippen molar-refractivity contribution >= 4 is 35.0 Å². The molecule has 0 fully saturated rings. The first-order valence-electron chi connectivity index (χ1n) is 6.41. The summed E-state index contributed by atoms with van der Waals surface area (Å²) in [7, 11) is 1.61. The summed E-state index contributed by atoms with van der Waals surface area (Å²) >= 11 is 5.97. The Hall–Kier alpha value is -2.27. The smallest absolute Gasteiger partial charge is 0.252 e. The standard InChI is InChI=1S/C15H17ClN4O/c1-8(17)13(15(18)21)14(19-2)10-5-9-3-4-11(16)6-12(9)20-7-10/h3-6,20H,7,17H2,1-2H3,(H2,18,21)/b13-8-,19-14-. The zero-order valence-electron chi connectivity index (χ0n) is 11.9. The number of benzene rings is 1. The van der Waals surface area contributed by atoms with Gasteiger partial charge in [-0.15, -0.1) is 0 Å². The first kappa shape index (κ1) is 15.1. The zero-order valence-corrected chi connectivity index (χ0v) is 12.7. The summed E-state index contributed by atoms with van der Waals surface area (Å²) in [5, 5.41) is 3.92. The number of carbonyl (C=O) groups excluding carboxylic acids is 1. The zero-order chi connectivity index (χ0) is 15.6. The number of aliphatic imine (C=N–C) groups is 1. The van der Waals surface area contributed by atoms with Gasteiger partial charge < -0.3 is 16.8 Å². The van der Waals surface area contributed by atoms with E-state index >= 15 is 0 Å². The third-order valence-electron chi connectivity index (χ3n) is 3.22. The molecule has 1 aliphatic heterocycles. The van der Waals surface area contributed by atoms with Crippen molar-refractivity contribution in [3.8, 4) is 0 Å². The van der Waals surface area contributed by atoms with E-state index in [9.17, 15) is 4.79 Å². The number of carbonyl (C=O) groups is 1. The highest BCUT2D eigenvalue weighted by atomic mass is 35.5. The third-order valence-corrected chi connectivity index (χ3v) is 3.45. The summed E-state index contributed by atoms with van der Waals surface area (Å²) in [5.74, 6) is -0.585. The van der Waals surface area contributed by atoms with Gasteiger partial charge in [-0.05, 0) is 36.3 Å². The maximum absolute atomic E-state index is 11.6. The van der Waals surface area contributed by atoms with Crippen LogP contribution in [0.1, 0.15) is 12.5 Å². The number of allylic oxidation sites excluding steroid dienone is 1. The molecule has 0 atom stereocenters. The lowest BCUT2D eigenvalue weighted by molar-refractivity contribution is -0.114. The number of anilines is 1. The van der Waals surface area contributed by atoms with Crippen molar-refractivity contribution in [2.75, 3.05) is 18.9 Å². The van der Waals surface area contributed by atoms with Gasteiger partial charge in [-0.2, -0.15) is 0 Å². The highest BCUT2D eigenvalue weighted by Crippen LogP contribution is 2.28. The molecule has 1 heterocycles. The van der Waals surface area contributed by atoms with Crippen LogP contribution in [0.4, 0.5) is 5.69 Å². The second-order valence-corrected chi connectivity index (χ2v) is 5.19. The maximum atomic E-state index is 11.6. The number of nitrogens with two attached hydrogens (primary N) is 2. The first-order chi connectivity index (χ1) is 9.93. The molecule has 110 valence electrons. The minimum atomic E-state index is -0.585. The molecule has 1 aromatic rings. The number of fused-ring (bicyclic) bond motifs is 1. The largest absolute Gasteiger partial charge is 0.402 e. The molecule has 5 N–H and O–H groups in total. The van der Waals surface area contributed by atoms with Crippen molar-refractivity contribution in [2.24, 2.45) is 16.5 Å². The Bertz CT molecular complexity index is 685. The van der Waals surface area contributed by atoms with Gasteiger partial charge in [0.1, 0.15) is 0 Å². The number of halogens is 1. The fourth-order valence-corrected chi connectivity index (χ4v) is 2.47. The van der Waals surface area contributed by atoms with Gasteiger partial charge in [0.25, 0.3) is 5.91 Å². The molecule has 0 aromatic heterocycles. The SMILES string of the molecule is C/N=C(C1=Cc2ccc(Cl)cc2NC1)\C(C(N)=O)=C(/C)N. The third kappa shape index (κ3) is 3.08. The van der Waals surface area contributed by atoms with E-state index in [1.54, 1.807) is 14.0 Å². The second kappa shape index (κ2) is 6.01. The van der Waals surface area contributed by atoms with Crippen molar-refractivity contribution in [3.63, 3.8) is 0 Å². The Morgan fingerprint density at radius 1 is 1.38 bits per heavy atom. The number of hydrogen-bond donors (Lipinski definition) is 3. The van der Waals surface area contributed by atoms with E-state index < -0.39 is 5.91 Å². The van der Waals surface area contributed by atoms with Crippen molar-refractivity contribution in [1.29, 1.82) is 0 Å². The maximum Gasteiger partial charge on any atom is 0.252 e. The molecule has 21 heavy (non-hydrogen) atoms. The molecule has 1 amide bonds. The Morgan fingerprint density at radius 2 is 2.10 bits per heavy atom. The summed E-state index contributed by atoms with van der Waals surface area (Å²) in [6, 6.07) is 5.56. The van der Waals surface area contributed by atoms with Crippen LogP contribution < -0.4 is 16.8 Å². The molecule has 1 aromatic carbocycles. The van der Waals surface area contributed by atoms with Crippen LogP contribution in [0.3, 0.4) is 0 Å². The molecule has 1 aliphatic rings. The fourth-order valence-electron chi connectivity index (χ4n) is 2.30. The molecule has 5 nitrogen and oxygen atoms in total. The van der Waals surface area contributed by atoms with Crippen LogP contribution in [0.5, 0.6) is 0 Å². The Labute approximate surface area is 128 Å². The number of hydrogen-bond acceptors (Lipinski definition) is 4. The average Bonchev–Trinajstić information content (AvgIpc) is 2.43. The summed E-state index contributed by atoms with van der Waals surface area (Å²) in [6.45, 7) is 2.15. The molecule has 2 rings (SSSR count). The van der Waals surface area contributed by atoms with E-state index in [1.807, 2.05) is 24.3 Å². The van der Waals surface area contributed by atoms with Crippen LogP contribution in [-0.4, -0.2) is 25.2 Å². The van der Waals surface area contributed by atoms with Gasteiger partial charge in [-0.1, -0.05) is 17.7 Å². The molecule has 0 spiro atoms. The van der Waals surface area contributed by atoms with Crippen molar-refractivity contribution < 1.29 is 4.79 Å². The summed E-state index contributed by atoms with van der Waals surface area (Å²) in [4.78, 5) is 15.8. The second-order valence-electron chi connectivity index (χ2n) is 4.75. The Morgan fingerprint density at radius 3 is 2.67 bits per heavy atom. The van der Waals surface area contributed by atoms with Gasteiger partial charge in [0.05, 0.1) is 11.3 Å². The van der Waals surface area contributed by atoms with Crippen LogP contribution >= 0.6 is 11.6 Å². The van der Waals surface area contributed by atoms with Crippen molar-refractivity contribution in [3.05, 3.63) is 45.6 Å². The van der Waals surface area contributed by atoms with Gasteiger partial charge in [-0.3, -0.25) is 9.79 Å². The minimum Gasteiger partial charge on any atom is -0.402 e. The average molecular weight is 305 g/mol. The highest BCUT2D eigenvalue weighted by Gasteiger charge is 2.21. The van der Waals surface area contributed by atoms with E-state index in [2.05, 4.69) is 10.3 Å². The number of nitrogens with zero attached hydrogens (tertiary/aromatic N) is 1. The van der Waals surface area contributed by atoms with Crippen LogP contribution in [0.25, 0.3) is 6.08 Å². The monoisotopic (exact) mass is 304 g/mol. The van der Waals surface area contributed by atoms with Crippen molar-refractivity contribution in [2.45, 2.75) is 6.92 Å². The Kier molecular flexibility index (Phi) is 4.33. The molecule has 0 unspecified atom stereocenters. The van der Waals surface area contributed by atoms with Crippen LogP contribution in [0.2, 0.25) is 5.02 Å². The molecular formula is C15H17ClN4O. The van der Waals surface area contributed by atoms with Crippen molar-refractivity contribution in [1.82, 2.24) is 0 Å². The number of primary amides is 1. The molecule has 0 bridgehead atoms. The van der Waals surface area contributed by atoms with E-state index in [4.69, 9.17) is 23.1 Å². The predicted octanol–water partition coefficient (Wildman–Crippen LogP) is 1.94. The van der Waals surface area contributed by atoms with E-state index in [0.717, 1.165) is 16.8 Å². The van der Waals surface area contributed by atoms with Gasteiger partial charge >= 0.3 is 0 Å². The van der Waals surface area contributed by atoms with Gasteiger partial charge in [0.15, 0.2) is 0 Å². The lowest BCUT2D eigenvalue weighted by Crippen LogP contribution is -2.28. The normalized spacial score (nSPS) is 15.6. The summed E-state index contributed by atoms with van der Waals surface area (Å²) in [5.41, 5.74) is 15.1. The first-order valence-corrected chi connectivity index (χ1v) is 6.79. The summed E-state index contributed by atoms with van der Waals surface area (Å²) < 4.78 is 0. The molecule has 6 heteroatoms. The summed E-state index contributed by atoms with van der Waals surface area (Å²) in [6.07, 6.45) is 1.95. The number of nitrogens with one attached hydrogen (secondary N) is 1.